The first-order valence-corrected chi connectivity index (χ1v) is 9.26. The predicted octanol–water partition coefficient (Wildman–Crippen LogP) is 4.71. The number of nitrogens with one attached hydrogen (secondary N) is 1. The molecule has 2 rings (SSSR count). The number of alkyl halides is 3. The molecule has 0 saturated carbocycles. The molecule has 1 N–H and O–H groups in total. The molecule has 1 aromatic rings. The first-order chi connectivity index (χ1) is 12.9. The molecule has 0 spiro atoms. The van der Waals surface area contributed by atoms with Crippen LogP contribution in [0.1, 0.15) is 51.7 Å². The van der Waals surface area contributed by atoms with Crippen LogP contribution in [-0.2, 0) is 10.9 Å². The predicted molar refractivity (Wildman–Crippen MR) is 99.9 cm³/mol. The topological polar surface area (TPSA) is 65.4 Å². The molecule has 1 aromatic carbocycles. The average Bonchev–Trinajstić information content (AvgIpc) is 2.58. The third-order valence-corrected chi connectivity index (χ3v) is 4.68. The second-order valence-electron chi connectivity index (χ2n) is 8.12. The Balaban J connectivity index is 2.17. The smallest absolute Gasteiger partial charge is 0.418 e. The summed E-state index contributed by atoms with van der Waals surface area (Å²) >= 11 is 0. The molecule has 0 radical (unpaired) electrons. The summed E-state index contributed by atoms with van der Waals surface area (Å²) in [6.45, 7) is 7.94. The standard InChI is InChI=1S/C20H26F3N3O2/c1-13(25-18(27)28-19(2,3)4)15-6-5-9-26(12-15)17-10-14(11-24)7-8-16(17)20(21,22)23/h7-8,10,13,15H,5-6,9,12H2,1-4H3,(H,25,27). The number of anilines is 1. The lowest BCUT2D eigenvalue weighted by atomic mass is 9.90. The lowest BCUT2D eigenvalue weighted by molar-refractivity contribution is -0.137. The van der Waals surface area contributed by atoms with Crippen molar-refractivity contribution in [3.8, 4) is 6.07 Å². The quantitative estimate of drug-likeness (QED) is 0.802. The van der Waals surface area contributed by atoms with E-state index < -0.39 is 23.4 Å². The number of rotatable bonds is 3. The van der Waals surface area contributed by atoms with E-state index in [1.807, 2.05) is 13.0 Å². The highest BCUT2D eigenvalue weighted by atomic mass is 19.4. The van der Waals surface area contributed by atoms with Crippen LogP contribution in [0, 0.1) is 17.2 Å². The van der Waals surface area contributed by atoms with Crippen LogP contribution in [0.2, 0.25) is 0 Å². The van der Waals surface area contributed by atoms with Gasteiger partial charge in [-0.15, -0.1) is 0 Å². The van der Waals surface area contributed by atoms with E-state index in [1.165, 1.54) is 12.1 Å². The molecule has 8 heteroatoms. The van der Waals surface area contributed by atoms with Gasteiger partial charge in [-0.05, 0) is 64.7 Å². The summed E-state index contributed by atoms with van der Waals surface area (Å²) in [6.07, 6.45) is -3.57. The highest BCUT2D eigenvalue weighted by Gasteiger charge is 2.36. The van der Waals surface area contributed by atoms with E-state index in [2.05, 4.69) is 5.32 Å². The number of nitrogens with zero attached hydrogens (tertiary/aromatic N) is 2. The summed E-state index contributed by atoms with van der Waals surface area (Å²) in [6, 6.07) is 5.07. The van der Waals surface area contributed by atoms with E-state index in [0.717, 1.165) is 12.5 Å². The van der Waals surface area contributed by atoms with Crippen molar-refractivity contribution in [1.82, 2.24) is 5.32 Å². The van der Waals surface area contributed by atoms with E-state index in [-0.39, 0.29) is 23.2 Å². The van der Waals surface area contributed by atoms with Gasteiger partial charge in [0, 0.05) is 19.1 Å². The van der Waals surface area contributed by atoms with Gasteiger partial charge in [-0.2, -0.15) is 18.4 Å². The Bertz CT molecular complexity index is 751. The first-order valence-electron chi connectivity index (χ1n) is 9.26. The van der Waals surface area contributed by atoms with Crippen LogP contribution in [0.3, 0.4) is 0 Å². The Labute approximate surface area is 163 Å². The maximum atomic E-state index is 13.4. The van der Waals surface area contributed by atoms with Crippen molar-refractivity contribution in [3.63, 3.8) is 0 Å². The van der Waals surface area contributed by atoms with Crippen LogP contribution in [-0.4, -0.2) is 30.8 Å². The fraction of sp³-hybridized carbons (Fsp3) is 0.600. The molecule has 5 nitrogen and oxygen atoms in total. The number of piperidine rings is 1. The zero-order valence-corrected chi connectivity index (χ0v) is 16.6. The molecule has 0 aromatic heterocycles. The van der Waals surface area contributed by atoms with Gasteiger partial charge < -0.3 is 15.0 Å². The summed E-state index contributed by atoms with van der Waals surface area (Å²) in [7, 11) is 0. The Kier molecular flexibility index (Phi) is 6.48. The van der Waals surface area contributed by atoms with Crippen LogP contribution < -0.4 is 10.2 Å². The summed E-state index contributed by atoms with van der Waals surface area (Å²) in [5, 5.41) is 11.9. The molecular weight excluding hydrogens is 371 g/mol. The van der Waals surface area contributed by atoms with Gasteiger partial charge in [0.1, 0.15) is 5.60 Å². The van der Waals surface area contributed by atoms with Crippen molar-refractivity contribution in [2.75, 3.05) is 18.0 Å². The van der Waals surface area contributed by atoms with E-state index in [0.29, 0.717) is 19.5 Å². The van der Waals surface area contributed by atoms with Crippen LogP contribution in [0.4, 0.5) is 23.7 Å². The van der Waals surface area contributed by atoms with E-state index in [9.17, 15) is 18.0 Å². The maximum Gasteiger partial charge on any atom is 0.418 e. The largest absolute Gasteiger partial charge is 0.444 e. The molecular formula is C20H26F3N3O2. The Morgan fingerprint density at radius 1 is 1.36 bits per heavy atom. The zero-order valence-electron chi connectivity index (χ0n) is 16.6. The Morgan fingerprint density at radius 2 is 2.04 bits per heavy atom. The highest BCUT2D eigenvalue weighted by molar-refractivity contribution is 5.68. The lowest BCUT2D eigenvalue weighted by Gasteiger charge is -2.38. The molecule has 1 saturated heterocycles. The molecule has 1 fully saturated rings. The highest BCUT2D eigenvalue weighted by Crippen LogP contribution is 2.38. The Morgan fingerprint density at radius 3 is 2.61 bits per heavy atom. The number of ether oxygens (including phenoxy) is 1. The first kappa shape index (κ1) is 21.9. The molecule has 2 unspecified atom stereocenters. The molecule has 1 amide bonds. The number of amides is 1. The van der Waals surface area contributed by atoms with Crippen LogP contribution in [0.5, 0.6) is 0 Å². The summed E-state index contributed by atoms with van der Waals surface area (Å²) < 4.78 is 45.6. The van der Waals surface area contributed by atoms with Crippen molar-refractivity contribution in [3.05, 3.63) is 29.3 Å². The Hall–Kier alpha value is -2.43. The zero-order chi connectivity index (χ0) is 21.1. The van der Waals surface area contributed by atoms with Gasteiger partial charge in [-0.3, -0.25) is 0 Å². The lowest BCUT2D eigenvalue weighted by Crippen LogP contribution is -2.47. The average molecular weight is 397 g/mol. The van der Waals surface area contributed by atoms with Crippen molar-refractivity contribution in [1.29, 1.82) is 5.26 Å². The molecule has 28 heavy (non-hydrogen) atoms. The van der Waals surface area contributed by atoms with Gasteiger partial charge in [0.05, 0.1) is 22.9 Å². The van der Waals surface area contributed by atoms with Crippen molar-refractivity contribution in [2.45, 2.75) is 58.4 Å². The number of carbonyl (C=O) groups is 1. The van der Waals surface area contributed by atoms with Crippen LogP contribution >= 0.6 is 0 Å². The number of halogens is 3. The molecule has 0 bridgehead atoms. The summed E-state index contributed by atoms with van der Waals surface area (Å²) in [4.78, 5) is 13.7. The molecule has 154 valence electrons. The van der Waals surface area contributed by atoms with E-state index >= 15 is 0 Å². The minimum atomic E-state index is -4.50. The fourth-order valence-corrected chi connectivity index (χ4v) is 3.35. The SMILES string of the molecule is CC(NC(=O)OC(C)(C)C)C1CCCN(c2cc(C#N)ccc2C(F)(F)F)C1. The number of carbonyl (C=O) groups excluding carboxylic acids is 1. The number of alkyl carbamates (subject to hydrolysis) is 1. The minimum Gasteiger partial charge on any atom is -0.444 e. The van der Waals surface area contributed by atoms with Crippen molar-refractivity contribution >= 4 is 11.8 Å². The molecule has 1 aliphatic heterocycles. The third kappa shape index (κ3) is 5.78. The van der Waals surface area contributed by atoms with E-state index in [4.69, 9.17) is 10.00 Å². The monoisotopic (exact) mass is 397 g/mol. The summed E-state index contributed by atoms with van der Waals surface area (Å²) in [5.41, 5.74) is -1.17. The van der Waals surface area contributed by atoms with Gasteiger partial charge in [0.25, 0.3) is 0 Å². The number of nitriles is 1. The number of hydrogen-bond donors (Lipinski definition) is 1. The normalized spacial score (nSPS) is 18.9. The second kappa shape index (κ2) is 8.29. The van der Waals surface area contributed by atoms with Gasteiger partial charge in [-0.1, -0.05) is 0 Å². The van der Waals surface area contributed by atoms with Crippen LogP contribution in [0.25, 0.3) is 0 Å². The third-order valence-electron chi connectivity index (χ3n) is 4.68. The minimum absolute atomic E-state index is 0.0146. The fourth-order valence-electron chi connectivity index (χ4n) is 3.35. The molecule has 2 atom stereocenters. The van der Waals surface area contributed by atoms with Gasteiger partial charge >= 0.3 is 12.3 Å². The van der Waals surface area contributed by atoms with E-state index in [1.54, 1.807) is 25.7 Å². The molecule has 1 aliphatic rings. The number of hydrogen-bond acceptors (Lipinski definition) is 4. The molecule has 1 heterocycles. The maximum absolute atomic E-state index is 13.4. The van der Waals surface area contributed by atoms with Gasteiger partial charge in [0.2, 0.25) is 0 Å². The van der Waals surface area contributed by atoms with Gasteiger partial charge in [0.15, 0.2) is 0 Å². The van der Waals surface area contributed by atoms with Gasteiger partial charge in [-0.25, -0.2) is 4.79 Å². The summed E-state index contributed by atoms with van der Waals surface area (Å²) in [5.74, 6) is -0.0342. The van der Waals surface area contributed by atoms with Crippen molar-refractivity contribution in [2.24, 2.45) is 5.92 Å². The second-order valence-corrected chi connectivity index (χ2v) is 8.12. The number of benzene rings is 1. The molecule has 0 aliphatic carbocycles. The van der Waals surface area contributed by atoms with Crippen LogP contribution in [0.15, 0.2) is 18.2 Å². The van der Waals surface area contributed by atoms with Crippen molar-refractivity contribution < 1.29 is 22.7 Å².